The van der Waals surface area contributed by atoms with Gasteiger partial charge in [0.1, 0.15) is 0 Å². The topological polar surface area (TPSA) is 81.7 Å². The van der Waals surface area contributed by atoms with E-state index < -0.39 is 11.4 Å². The molecule has 6 nitrogen and oxygen atoms in total. The second kappa shape index (κ2) is 13.4. The normalized spacial score (nSPS) is 22.1. The van der Waals surface area contributed by atoms with Crippen LogP contribution in [0.2, 0.25) is 10.0 Å². The molecule has 8 heteroatoms. The number of nitrogens with one attached hydrogen (secondary N) is 2. The van der Waals surface area contributed by atoms with Gasteiger partial charge in [-0.25, -0.2) is 0 Å². The van der Waals surface area contributed by atoms with Crippen molar-refractivity contribution >= 4 is 35.1 Å². The highest BCUT2D eigenvalue weighted by Gasteiger charge is 2.62. The standard InChI is InChI=1S/C24H26Cl2N2O3.C9H13N/c1-16(29)27-23(17-5-3-2-4-6-17)9-11-28(12-10-23)15-19-14-24(19,22(30)31)18-7-8-20(25)21(26)13-18;1-8(10-2)9-6-4-3-5-7-9/h2-8,13,19H,9-12,14-15H2,1H3,(H,27,29)(H,30,31);3-8,10H,1-2H3/t19-,24+;/m0./s1. The largest absolute Gasteiger partial charge is 0.481 e. The van der Waals surface area contributed by atoms with Gasteiger partial charge >= 0.3 is 5.97 Å². The molecule has 41 heavy (non-hydrogen) atoms. The third-order valence-corrected chi connectivity index (χ3v) is 9.32. The van der Waals surface area contributed by atoms with Gasteiger partial charge in [-0.2, -0.15) is 0 Å². The van der Waals surface area contributed by atoms with Crippen molar-refractivity contribution in [3.63, 3.8) is 0 Å². The summed E-state index contributed by atoms with van der Waals surface area (Å²) in [4.78, 5) is 26.4. The molecular weight excluding hydrogens is 557 g/mol. The summed E-state index contributed by atoms with van der Waals surface area (Å²) in [5, 5.41) is 17.2. The number of nitrogens with zero attached hydrogens (tertiary/aromatic N) is 1. The number of amides is 1. The van der Waals surface area contributed by atoms with Gasteiger partial charge in [0.25, 0.3) is 0 Å². The summed E-state index contributed by atoms with van der Waals surface area (Å²) in [6, 6.07) is 26.1. The highest BCUT2D eigenvalue weighted by atomic mass is 35.5. The van der Waals surface area contributed by atoms with Crippen LogP contribution in [-0.2, 0) is 20.5 Å². The molecule has 0 aromatic heterocycles. The molecule has 218 valence electrons. The number of likely N-dealkylation sites (tertiary alicyclic amines) is 1. The SMILES string of the molecule is CC(=O)NC1(c2ccccc2)CCN(C[C@@H]2C[C@@]2(C(=O)O)c2ccc(Cl)c(Cl)c2)CC1.CNC(C)c1ccccc1. The number of carboxylic acids is 1. The molecule has 3 N–H and O–H groups in total. The first-order chi connectivity index (χ1) is 19.6. The number of carbonyl (C=O) groups is 2. The molecule has 5 rings (SSSR count). The quantitative estimate of drug-likeness (QED) is 0.279. The Morgan fingerprint density at radius 2 is 1.56 bits per heavy atom. The lowest BCUT2D eigenvalue weighted by atomic mass is 9.80. The lowest BCUT2D eigenvalue weighted by Crippen LogP contribution is -2.53. The van der Waals surface area contributed by atoms with Gasteiger partial charge in [-0.15, -0.1) is 0 Å². The summed E-state index contributed by atoms with van der Waals surface area (Å²) in [5.74, 6) is -0.832. The number of carbonyl (C=O) groups excluding carboxylic acids is 1. The van der Waals surface area contributed by atoms with E-state index in [1.54, 1.807) is 25.1 Å². The van der Waals surface area contributed by atoms with E-state index in [4.69, 9.17) is 23.2 Å². The fourth-order valence-corrected chi connectivity index (χ4v) is 6.28. The Labute approximate surface area is 253 Å². The van der Waals surface area contributed by atoms with E-state index in [-0.39, 0.29) is 17.4 Å². The average Bonchev–Trinajstić information content (AvgIpc) is 3.71. The van der Waals surface area contributed by atoms with Crippen LogP contribution in [0.5, 0.6) is 0 Å². The number of rotatable bonds is 8. The number of carboxylic acid groups (broad SMARTS) is 1. The first-order valence-electron chi connectivity index (χ1n) is 14.1. The van der Waals surface area contributed by atoms with Gasteiger partial charge in [-0.05, 0) is 68.0 Å². The number of halogens is 2. The van der Waals surface area contributed by atoms with Gasteiger partial charge in [0.05, 0.1) is 21.0 Å². The fourth-order valence-electron chi connectivity index (χ4n) is 5.98. The zero-order valence-electron chi connectivity index (χ0n) is 23.9. The third-order valence-electron chi connectivity index (χ3n) is 8.58. The molecule has 3 aromatic carbocycles. The van der Waals surface area contributed by atoms with Crippen molar-refractivity contribution in [1.82, 2.24) is 15.5 Å². The average molecular weight is 597 g/mol. The minimum atomic E-state index is -0.903. The van der Waals surface area contributed by atoms with E-state index in [0.717, 1.165) is 31.5 Å². The Hall–Kier alpha value is -2.90. The molecule has 3 aromatic rings. The van der Waals surface area contributed by atoms with Crippen LogP contribution in [0.4, 0.5) is 0 Å². The van der Waals surface area contributed by atoms with Crippen LogP contribution < -0.4 is 10.6 Å². The fraction of sp³-hybridized carbons (Fsp3) is 0.394. The maximum atomic E-state index is 12.2. The van der Waals surface area contributed by atoms with E-state index in [0.29, 0.717) is 34.6 Å². The molecule has 1 heterocycles. The van der Waals surface area contributed by atoms with Gasteiger partial charge in [0, 0.05) is 32.6 Å². The first kappa shape index (κ1) is 31.0. The molecule has 2 fully saturated rings. The number of benzene rings is 3. The Morgan fingerprint density at radius 1 is 0.951 bits per heavy atom. The van der Waals surface area contributed by atoms with Gasteiger partial charge in [0.2, 0.25) is 5.91 Å². The predicted molar refractivity (Wildman–Crippen MR) is 165 cm³/mol. The summed E-state index contributed by atoms with van der Waals surface area (Å²) < 4.78 is 0. The van der Waals surface area contributed by atoms with Crippen LogP contribution >= 0.6 is 23.2 Å². The highest BCUT2D eigenvalue weighted by molar-refractivity contribution is 6.42. The Bertz CT molecular complexity index is 1330. The van der Waals surface area contributed by atoms with Crippen molar-refractivity contribution in [2.24, 2.45) is 5.92 Å². The number of aliphatic carboxylic acids is 1. The van der Waals surface area contributed by atoms with Gasteiger partial charge in [0.15, 0.2) is 0 Å². The smallest absolute Gasteiger partial charge is 0.314 e. The first-order valence-corrected chi connectivity index (χ1v) is 14.8. The van der Waals surface area contributed by atoms with E-state index in [2.05, 4.69) is 58.9 Å². The molecule has 1 amide bonds. The molecule has 1 aliphatic carbocycles. The third kappa shape index (κ3) is 7.12. The summed E-state index contributed by atoms with van der Waals surface area (Å²) in [6.07, 6.45) is 2.17. The van der Waals surface area contributed by atoms with Gasteiger partial charge in [-0.1, -0.05) is 89.9 Å². The summed E-state index contributed by atoms with van der Waals surface area (Å²) >= 11 is 12.2. The second-order valence-electron chi connectivity index (χ2n) is 11.2. The number of hydrogen-bond donors (Lipinski definition) is 3. The van der Waals surface area contributed by atoms with Crippen LogP contribution in [0.15, 0.2) is 78.9 Å². The Kier molecular flexibility index (Phi) is 10.1. The van der Waals surface area contributed by atoms with Crippen molar-refractivity contribution in [2.45, 2.75) is 50.1 Å². The summed E-state index contributed by atoms with van der Waals surface area (Å²) in [5.41, 5.74) is 1.89. The Balaban J connectivity index is 0.000000328. The van der Waals surface area contributed by atoms with Crippen molar-refractivity contribution in [1.29, 1.82) is 0 Å². The number of piperidine rings is 1. The van der Waals surface area contributed by atoms with Gasteiger partial charge < -0.3 is 20.6 Å². The van der Waals surface area contributed by atoms with E-state index in [9.17, 15) is 14.7 Å². The Morgan fingerprint density at radius 3 is 2.10 bits per heavy atom. The molecule has 1 aliphatic heterocycles. The maximum absolute atomic E-state index is 12.2. The number of hydrogen-bond acceptors (Lipinski definition) is 4. The molecule has 1 saturated heterocycles. The second-order valence-corrected chi connectivity index (χ2v) is 12.0. The minimum Gasteiger partial charge on any atom is -0.481 e. The summed E-state index contributed by atoms with van der Waals surface area (Å²) in [6.45, 7) is 6.00. The van der Waals surface area contributed by atoms with Crippen LogP contribution in [0.25, 0.3) is 0 Å². The molecule has 2 aliphatic rings. The lowest BCUT2D eigenvalue weighted by molar-refractivity contribution is -0.140. The van der Waals surface area contributed by atoms with E-state index in [1.807, 2.05) is 31.3 Å². The highest BCUT2D eigenvalue weighted by Crippen LogP contribution is 2.55. The van der Waals surface area contributed by atoms with E-state index in [1.165, 1.54) is 5.56 Å². The predicted octanol–water partition coefficient (Wildman–Crippen LogP) is 6.43. The van der Waals surface area contributed by atoms with Crippen LogP contribution in [0, 0.1) is 5.92 Å². The molecule has 1 saturated carbocycles. The molecule has 1 unspecified atom stereocenters. The maximum Gasteiger partial charge on any atom is 0.314 e. The zero-order chi connectivity index (χ0) is 29.6. The van der Waals surface area contributed by atoms with Crippen molar-refractivity contribution in [3.8, 4) is 0 Å². The van der Waals surface area contributed by atoms with Crippen molar-refractivity contribution < 1.29 is 14.7 Å². The van der Waals surface area contributed by atoms with Crippen molar-refractivity contribution in [2.75, 3.05) is 26.7 Å². The molecule has 0 radical (unpaired) electrons. The summed E-state index contributed by atoms with van der Waals surface area (Å²) in [7, 11) is 1.97. The van der Waals surface area contributed by atoms with Crippen LogP contribution in [-0.4, -0.2) is 48.6 Å². The molecule has 0 bridgehead atoms. The lowest BCUT2D eigenvalue weighted by Gasteiger charge is -2.43. The zero-order valence-corrected chi connectivity index (χ0v) is 25.4. The van der Waals surface area contributed by atoms with Gasteiger partial charge in [-0.3, -0.25) is 9.59 Å². The molecular formula is C33H39Cl2N3O3. The molecule has 3 atom stereocenters. The van der Waals surface area contributed by atoms with E-state index >= 15 is 0 Å². The van der Waals surface area contributed by atoms with Crippen LogP contribution in [0.1, 0.15) is 55.8 Å². The van der Waals surface area contributed by atoms with Crippen molar-refractivity contribution in [3.05, 3.63) is 106 Å². The molecule has 0 spiro atoms. The monoisotopic (exact) mass is 595 g/mol. The minimum absolute atomic E-state index is 0.0206. The van der Waals surface area contributed by atoms with Crippen LogP contribution in [0.3, 0.4) is 0 Å².